The number of carbonyl (C=O) groups is 1. The first-order valence-electron chi connectivity index (χ1n) is 9.84. The molecule has 4 heteroatoms. The molecule has 0 aliphatic heterocycles. The molecule has 29 heavy (non-hydrogen) atoms. The summed E-state index contributed by atoms with van der Waals surface area (Å²) in [7, 11) is 0. The van der Waals surface area contributed by atoms with Crippen LogP contribution in [0.15, 0.2) is 91.0 Å². The quantitative estimate of drug-likeness (QED) is 0.558. The molecule has 0 saturated carbocycles. The number of nitrogens with zero attached hydrogens (tertiary/aromatic N) is 1. The number of rotatable bonds is 9. The molecule has 0 radical (unpaired) electrons. The second-order valence-electron chi connectivity index (χ2n) is 7.15. The monoisotopic (exact) mass is 389 g/mol. The van der Waals surface area contributed by atoms with Crippen LogP contribution in [-0.2, 0) is 29.2 Å². The lowest BCUT2D eigenvalue weighted by Gasteiger charge is -2.32. The van der Waals surface area contributed by atoms with Crippen molar-refractivity contribution in [2.24, 2.45) is 0 Å². The zero-order valence-corrected chi connectivity index (χ0v) is 16.6. The molecule has 0 fully saturated rings. The average molecular weight is 389 g/mol. The maximum atomic E-state index is 13.0. The van der Waals surface area contributed by atoms with Crippen LogP contribution in [0.3, 0.4) is 0 Å². The summed E-state index contributed by atoms with van der Waals surface area (Å²) < 4.78 is 5.57. The third-order valence-corrected chi connectivity index (χ3v) is 4.77. The molecule has 3 aromatic carbocycles. The third kappa shape index (κ3) is 6.28. The van der Waals surface area contributed by atoms with Crippen molar-refractivity contribution >= 4 is 5.97 Å². The molecule has 150 valence electrons. The van der Waals surface area contributed by atoms with Crippen LogP contribution in [0.4, 0.5) is 0 Å². The first-order valence-corrected chi connectivity index (χ1v) is 9.84. The van der Waals surface area contributed by atoms with Gasteiger partial charge in [0.1, 0.15) is 12.6 Å². The summed E-state index contributed by atoms with van der Waals surface area (Å²) in [6.45, 7) is 2.89. The second kappa shape index (κ2) is 10.6. The number of carbonyl (C=O) groups excluding carboxylic acids is 1. The van der Waals surface area contributed by atoms with Crippen LogP contribution in [0.1, 0.15) is 23.6 Å². The van der Waals surface area contributed by atoms with Gasteiger partial charge in [-0.3, -0.25) is 9.69 Å². The molecular weight excluding hydrogens is 362 g/mol. The molecule has 3 aromatic rings. The van der Waals surface area contributed by atoms with E-state index in [1.54, 1.807) is 6.92 Å². The first-order chi connectivity index (χ1) is 14.1. The predicted octanol–water partition coefficient (Wildman–Crippen LogP) is 4.18. The molecule has 0 saturated heterocycles. The topological polar surface area (TPSA) is 49.8 Å². The van der Waals surface area contributed by atoms with E-state index >= 15 is 0 Å². The van der Waals surface area contributed by atoms with Crippen LogP contribution in [0.2, 0.25) is 0 Å². The van der Waals surface area contributed by atoms with Gasteiger partial charge in [0.05, 0.1) is 6.10 Å². The maximum Gasteiger partial charge on any atom is 0.326 e. The summed E-state index contributed by atoms with van der Waals surface area (Å²) in [6, 6.07) is 28.7. The number of esters is 1. The Bertz CT molecular complexity index is 825. The lowest BCUT2D eigenvalue weighted by Crippen LogP contribution is -2.48. The van der Waals surface area contributed by atoms with Gasteiger partial charge >= 0.3 is 5.97 Å². The Morgan fingerprint density at radius 1 is 0.793 bits per heavy atom. The van der Waals surface area contributed by atoms with Gasteiger partial charge in [-0.25, -0.2) is 0 Å². The van der Waals surface area contributed by atoms with Crippen LogP contribution >= 0.6 is 0 Å². The van der Waals surface area contributed by atoms with Crippen molar-refractivity contribution in [1.29, 1.82) is 0 Å². The van der Waals surface area contributed by atoms with Gasteiger partial charge in [0.25, 0.3) is 0 Å². The first kappa shape index (κ1) is 20.8. The van der Waals surface area contributed by atoms with E-state index in [2.05, 4.69) is 0 Å². The Labute approximate surface area is 172 Å². The standard InChI is InChI=1S/C25H27NO3/c1-20(27)24(25(28)29-19-23-15-9-4-10-16-23)26(17-21-11-5-2-6-12-21)18-22-13-7-3-8-14-22/h2-16,20,24,27H,17-19H2,1H3/t20-,24+/m1/s1. The number of hydrogen-bond acceptors (Lipinski definition) is 4. The van der Waals surface area contributed by atoms with E-state index in [1.807, 2.05) is 95.9 Å². The summed E-state index contributed by atoms with van der Waals surface area (Å²) in [5.41, 5.74) is 3.07. The average Bonchev–Trinajstić information content (AvgIpc) is 2.74. The fourth-order valence-corrected chi connectivity index (χ4v) is 3.35. The van der Waals surface area contributed by atoms with Gasteiger partial charge in [0.15, 0.2) is 0 Å². The van der Waals surface area contributed by atoms with Crippen molar-refractivity contribution in [1.82, 2.24) is 4.90 Å². The highest BCUT2D eigenvalue weighted by molar-refractivity contribution is 5.76. The van der Waals surface area contributed by atoms with Gasteiger partial charge in [-0.15, -0.1) is 0 Å². The molecule has 1 N–H and O–H groups in total. The van der Waals surface area contributed by atoms with E-state index in [0.29, 0.717) is 13.1 Å². The Balaban J connectivity index is 1.79. The minimum absolute atomic E-state index is 0.188. The molecule has 2 atom stereocenters. The molecule has 0 aliphatic rings. The molecule has 0 heterocycles. The second-order valence-corrected chi connectivity index (χ2v) is 7.15. The molecule has 0 aliphatic carbocycles. The molecule has 0 aromatic heterocycles. The molecule has 0 bridgehead atoms. The fraction of sp³-hybridized carbons (Fsp3) is 0.240. The van der Waals surface area contributed by atoms with E-state index in [4.69, 9.17) is 4.74 Å². The summed E-state index contributed by atoms with van der Waals surface area (Å²) in [4.78, 5) is 14.9. The van der Waals surface area contributed by atoms with Gasteiger partial charge in [-0.1, -0.05) is 91.0 Å². The highest BCUT2D eigenvalue weighted by Crippen LogP contribution is 2.18. The molecule has 0 unspecified atom stereocenters. The Kier molecular flexibility index (Phi) is 7.56. The Morgan fingerprint density at radius 3 is 1.62 bits per heavy atom. The van der Waals surface area contributed by atoms with Crippen LogP contribution in [-0.4, -0.2) is 28.1 Å². The highest BCUT2D eigenvalue weighted by atomic mass is 16.5. The molecule has 3 rings (SSSR count). The number of aliphatic hydroxyl groups excluding tert-OH is 1. The lowest BCUT2D eigenvalue weighted by atomic mass is 10.1. The minimum atomic E-state index is -0.870. The molecule has 0 spiro atoms. The zero-order valence-electron chi connectivity index (χ0n) is 16.6. The summed E-state index contributed by atoms with van der Waals surface area (Å²) in [6.07, 6.45) is -0.870. The number of ether oxygens (including phenoxy) is 1. The number of benzene rings is 3. The van der Waals surface area contributed by atoms with E-state index in [1.165, 1.54) is 0 Å². The van der Waals surface area contributed by atoms with Crippen LogP contribution < -0.4 is 0 Å². The van der Waals surface area contributed by atoms with Crippen molar-refractivity contribution < 1.29 is 14.6 Å². The van der Waals surface area contributed by atoms with Crippen molar-refractivity contribution in [3.05, 3.63) is 108 Å². The SMILES string of the molecule is C[C@@H](O)[C@@H](C(=O)OCc1ccccc1)N(Cc1ccccc1)Cc1ccccc1. The summed E-state index contributed by atoms with van der Waals surface area (Å²) in [5, 5.41) is 10.5. The third-order valence-electron chi connectivity index (χ3n) is 4.77. The Hall–Kier alpha value is -2.95. The Morgan fingerprint density at radius 2 is 1.21 bits per heavy atom. The van der Waals surface area contributed by atoms with E-state index in [-0.39, 0.29) is 6.61 Å². The normalized spacial score (nSPS) is 13.1. The maximum absolute atomic E-state index is 13.0. The van der Waals surface area contributed by atoms with E-state index < -0.39 is 18.1 Å². The fourth-order valence-electron chi connectivity index (χ4n) is 3.35. The largest absolute Gasteiger partial charge is 0.460 e. The van der Waals surface area contributed by atoms with Crippen molar-refractivity contribution in [2.75, 3.05) is 0 Å². The van der Waals surface area contributed by atoms with E-state index in [0.717, 1.165) is 16.7 Å². The predicted molar refractivity (Wildman–Crippen MR) is 114 cm³/mol. The van der Waals surface area contributed by atoms with Crippen LogP contribution in [0.5, 0.6) is 0 Å². The minimum Gasteiger partial charge on any atom is -0.460 e. The van der Waals surface area contributed by atoms with Gasteiger partial charge < -0.3 is 9.84 Å². The van der Waals surface area contributed by atoms with Gasteiger partial charge in [-0.2, -0.15) is 0 Å². The smallest absolute Gasteiger partial charge is 0.326 e. The van der Waals surface area contributed by atoms with Crippen LogP contribution in [0, 0.1) is 0 Å². The van der Waals surface area contributed by atoms with Crippen LogP contribution in [0.25, 0.3) is 0 Å². The molecule has 4 nitrogen and oxygen atoms in total. The molecular formula is C25H27NO3. The van der Waals surface area contributed by atoms with Crippen molar-refractivity contribution in [3.8, 4) is 0 Å². The van der Waals surface area contributed by atoms with Crippen molar-refractivity contribution in [2.45, 2.75) is 38.8 Å². The zero-order chi connectivity index (χ0) is 20.5. The number of aliphatic hydroxyl groups is 1. The highest BCUT2D eigenvalue weighted by Gasteiger charge is 2.32. The summed E-state index contributed by atoms with van der Waals surface area (Å²) >= 11 is 0. The van der Waals surface area contributed by atoms with Crippen molar-refractivity contribution in [3.63, 3.8) is 0 Å². The summed E-state index contributed by atoms with van der Waals surface area (Å²) in [5.74, 6) is -0.421. The molecule has 0 amide bonds. The van der Waals surface area contributed by atoms with Gasteiger partial charge in [0.2, 0.25) is 0 Å². The van der Waals surface area contributed by atoms with Gasteiger partial charge in [-0.05, 0) is 23.6 Å². The lowest BCUT2D eigenvalue weighted by molar-refractivity contribution is -0.156. The number of hydrogen-bond donors (Lipinski definition) is 1. The van der Waals surface area contributed by atoms with Gasteiger partial charge in [0, 0.05) is 13.1 Å². The van der Waals surface area contributed by atoms with E-state index in [9.17, 15) is 9.90 Å².